The zero-order valence-electron chi connectivity index (χ0n) is 7.58. The fraction of sp³-hybridized carbons (Fsp3) is 0.500. The van der Waals surface area contributed by atoms with Crippen LogP contribution < -0.4 is 4.87 Å². The van der Waals surface area contributed by atoms with E-state index in [9.17, 15) is 4.79 Å². The predicted octanol–water partition coefficient (Wildman–Crippen LogP) is 1.97. The lowest BCUT2D eigenvalue weighted by molar-refractivity contribution is 0.630. The van der Waals surface area contributed by atoms with Crippen molar-refractivity contribution in [2.75, 3.05) is 0 Å². The van der Waals surface area contributed by atoms with Crippen molar-refractivity contribution in [1.29, 1.82) is 0 Å². The van der Waals surface area contributed by atoms with Gasteiger partial charge in [0.25, 0.3) is 0 Å². The molecule has 2 nitrogen and oxygen atoms in total. The Morgan fingerprint density at radius 3 is 3.00 bits per heavy atom. The van der Waals surface area contributed by atoms with Crippen molar-refractivity contribution in [2.45, 2.75) is 32.2 Å². The van der Waals surface area contributed by atoms with E-state index < -0.39 is 0 Å². The van der Waals surface area contributed by atoms with Gasteiger partial charge in [-0.05, 0) is 25.7 Å². The van der Waals surface area contributed by atoms with Crippen LogP contribution in [0.4, 0.5) is 0 Å². The average molecular weight is 195 g/mol. The van der Waals surface area contributed by atoms with Gasteiger partial charge in [0, 0.05) is 17.1 Å². The average Bonchev–Trinajstić information content (AvgIpc) is 2.44. The molecule has 0 atom stereocenters. The van der Waals surface area contributed by atoms with Gasteiger partial charge in [0.05, 0.1) is 0 Å². The van der Waals surface area contributed by atoms with E-state index in [1.807, 2.05) is 4.57 Å². The molecule has 3 heteroatoms. The number of hydrogen-bond donors (Lipinski definition) is 0. The number of nitrogens with zero attached hydrogens (tertiary/aromatic N) is 1. The molecule has 0 aromatic carbocycles. The van der Waals surface area contributed by atoms with E-state index in [0.29, 0.717) is 6.54 Å². The van der Waals surface area contributed by atoms with Gasteiger partial charge >= 0.3 is 4.87 Å². The van der Waals surface area contributed by atoms with Gasteiger partial charge in [0.1, 0.15) is 0 Å². The third-order valence-corrected chi connectivity index (χ3v) is 3.54. The van der Waals surface area contributed by atoms with Crippen LogP contribution in [-0.4, -0.2) is 4.57 Å². The summed E-state index contributed by atoms with van der Waals surface area (Å²) in [5, 5.41) is 0. The van der Waals surface area contributed by atoms with Gasteiger partial charge in [0.2, 0.25) is 0 Å². The number of thiazole rings is 1. The quantitative estimate of drug-likeness (QED) is 0.661. The lowest BCUT2D eigenvalue weighted by atomic mass is 10.0. The molecule has 0 spiro atoms. The molecule has 2 rings (SSSR count). The van der Waals surface area contributed by atoms with Crippen molar-refractivity contribution >= 4 is 11.3 Å². The maximum Gasteiger partial charge on any atom is 0.307 e. The van der Waals surface area contributed by atoms with Crippen molar-refractivity contribution < 1.29 is 0 Å². The summed E-state index contributed by atoms with van der Waals surface area (Å²) >= 11 is 1.42. The topological polar surface area (TPSA) is 22.0 Å². The maximum absolute atomic E-state index is 11.5. The Hall–Kier alpha value is -0.830. The minimum absolute atomic E-state index is 0.187. The van der Waals surface area contributed by atoms with Crippen LogP contribution in [0.5, 0.6) is 0 Å². The van der Waals surface area contributed by atoms with Crippen LogP contribution in [0.3, 0.4) is 0 Å². The maximum atomic E-state index is 11.5. The molecule has 0 saturated heterocycles. The second-order valence-corrected chi connectivity index (χ2v) is 4.39. The molecule has 0 fully saturated rings. The van der Waals surface area contributed by atoms with Gasteiger partial charge in [-0.15, -0.1) is 6.58 Å². The van der Waals surface area contributed by atoms with Gasteiger partial charge < -0.3 is 0 Å². The van der Waals surface area contributed by atoms with Gasteiger partial charge in [-0.25, -0.2) is 0 Å². The van der Waals surface area contributed by atoms with E-state index in [4.69, 9.17) is 0 Å². The van der Waals surface area contributed by atoms with Crippen LogP contribution in [-0.2, 0) is 19.4 Å². The molecular formula is C10H13NOS. The van der Waals surface area contributed by atoms with Gasteiger partial charge in [-0.2, -0.15) is 0 Å². The normalized spacial score (nSPS) is 15.4. The summed E-state index contributed by atoms with van der Waals surface area (Å²) in [7, 11) is 0. The Kier molecular flexibility index (Phi) is 2.36. The smallest absolute Gasteiger partial charge is 0.299 e. The molecule has 0 aliphatic heterocycles. The van der Waals surface area contributed by atoms with Crippen LogP contribution >= 0.6 is 11.3 Å². The fourth-order valence-corrected chi connectivity index (χ4v) is 2.92. The molecular weight excluding hydrogens is 182 g/mol. The second kappa shape index (κ2) is 3.50. The summed E-state index contributed by atoms with van der Waals surface area (Å²) in [6, 6.07) is 0. The third kappa shape index (κ3) is 1.48. The standard InChI is InChI=1S/C10H13NOS/c1-2-7-11-8-5-3-4-6-9(8)13-10(11)12/h2H,1,3-7H2. The van der Waals surface area contributed by atoms with Crippen molar-refractivity contribution in [3.8, 4) is 0 Å². The Morgan fingerprint density at radius 1 is 1.46 bits per heavy atom. The predicted molar refractivity (Wildman–Crippen MR) is 55.4 cm³/mol. The van der Waals surface area contributed by atoms with Gasteiger partial charge in [0.15, 0.2) is 0 Å². The van der Waals surface area contributed by atoms with Crippen LogP contribution in [0.15, 0.2) is 17.4 Å². The molecule has 0 amide bonds. The number of allylic oxidation sites excluding steroid dienone is 1. The molecule has 0 bridgehead atoms. The molecule has 0 N–H and O–H groups in total. The monoisotopic (exact) mass is 195 g/mol. The van der Waals surface area contributed by atoms with Crippen molar-refractivity contribution in [1.82, 2.24) is 4.57 Å². The molecule has 13 heavy (non-hydrogen) atoms. The highest BCUT2D eigenvalue weighted by atomic mass is 32.1. The first kappa shape index (κ1) is 8.75. The SMILES string of the molecule is C=CCn1c2c(sc1=O)CCCC2. The van der Waals surface area contributed by atoms with Crippen LogP contribution in [0.2, 0.25) is 0 Å². The van der Waals surface area contributed by atoms with Crippen LogP contribution in [0, 0.1) is 0 Å². The highest BCUT2D eigenvalue weighted by Gasteiger charge is 2.16. The largest absolute Gasteiger partial charge is 0.307 e. The molecule has 1 aliphatic carbocycles. The number of aromatic nitrogens is 1. The third-order valence-electron chi connectivity index (χ3n) is 2.46. The van der Waals surface area contributed by atoms with Gasteiger partial charge in [-0.3, -0.25) is 9.36 Å². The first-order valence-corrected chi connectivity index (χ1v) is 5.47. The summed E-state index contributed by atoms with van der Waals surface area (Å²) < 4.78 is 1.87. The second-order valence-electron chi connectivity index (χ2n) is 3.34. The summed E-state index contributed by atoms with van der Waals surface area (Å²) in [5.41, 5.74) is 1.26. The van der Waals surface area contributed by atoms with E-state index >= 15 is 0 Å². The summed E-state index contributed by atoms with van der Waals surface area (Å²) in [6.07, 6.45) is 6.42. The molecule has 0 saturated carbocycles. The molecule has 1 heterocycles. The Labute approximate surface area is 81.5 Å². The molecule has 0 radical (unpaired) electrons. The number of rotatable bonds is 2. The number of aryl methyl sites for hydroxylation is 1. The Morgan fingerprint density at radius 2 is 2.23 bits per heavy atom. The molecule has 0 unspecified atom stereocenters. The number of hydrogen-bond acceptors (Lipinski definition) is 2. The van der Waals surface area contributed by atoms with Gasteiger partial charge in [-0.1, -0.05) is 17.4 Å². The summed E-state index contributed by atoms with van der Waals surface area (Å²) in [5.74, 6) is 0. The highest BCUT2D eigenvalue weighted by Crippen LogP contribution is 2.23. The summed E-state index contributed by atoms with van der Waals surface area (Å²) in [6.45, 7) is 4.34. The number of fused-ring (bicyclic) bond motifs is 1. The van der Waals surface area contributed by atoms with Crippen molar-refractivity contribution in [3.63, 3.8) is 0 Å². The minimum Gasteiger partial charge on any atom is -0.299 e. The lowest BCUT2D eigenvalue weighted by Gasteiger charge is -2.12. The highest BCUT2D eigenvalue weighted by molar-refractivity contribution is 7.09. The molecule has 1 aliphatic rings. The van der Waals surface area contributed by atoms with E-state index in [2.05, 4.69) is 6.58 Å². The van der Waals surface area contributed by atoms with Crippen LogP contribution in [0.1, 0.15) is 23.4 Å². The minimum atomic E-state index is 0.187. The molecule has 1 aromatic heterocycles. The summed E-state index contributed by atoms with van der Waals surface area (Å²) in [4.78, 5) is 13.0. The molecule has 1 aromatic rings. The van der Waals surface area contributed by atoms with E-state index in [-0.39, 0.29) is 4.87 Å². The van der Waals surface area contributed by atoms with Crippen molar-refractivity contribution in [3.05, 3.63) is 32.9 Å². The van der Waals surface area contributed by atoms with Crippen molar-refractivity contribution in [2.24, 2.45) is 0 Å². The fourth-order valence-electron chi connectivity index (χ4n) is 1.84. The zero-order chi connectivity index (χ0) is 9.26. The van der Waals surface area contributed by atoms with E-state index in [1.165, 1.54) is 34.7 Å². The lowest BCUT2D eigenvalue weighted by Crippen LogP contribution is -2.16. The Bertz CT molecular complexity index is 375. The Balaban J connectivity index is 2.48. The first-order valence-electron chi connectivity index (χ1n) is 4.65. The van der Waals surface area contributed by atoms with Crippen LogP contribution in [0.25, 0.3) is 0 Å². The zero-order valence-corrected chi connectivity index (χ0v) is 8.40. The molecule has 70 valence electrons. The first-order chi connectivity index (χ1) is 6.33. The van der Waals surface area contributed by atoms with E-state index in [0.717, 1.165) is 12.8 Å². The van der Waals surface area contributed by atoms with E-state index in [1.54, 1.807) is 6.08 Å².